The molecule has 0 atom stereocenters. The Balaban J connectivity index is 2.72. The molecular formula is C11H15NS3. The number of hydrogen-bond acceptors (Lipinski definition) is 3. The molecule has 0 radical (unpaired) electrons. The molecule has 1 aromatic carbocycles. The number of unbranched alkanes of at least 4 members (excludes halogenated alkanes) is 1. The summed E-state index contributed by atoms with van der Waals surface area (Å²) in [5.41, 5.74) is 1.38. The second-order valence-corrected chi connectivity index (χ2v) is 5.27. The average molecular weight is 257 g/mol. The van der Waals surface area contributed by atoms with Gasteiger partial charge in [-0.2, -0.15) is 0 Å². The van der Waals surface area contributed by atoms with Crippen LogP contribution in [-0.2, 0) is 19.2 Å². The highest BCUT2D eigenvalue weighted by atomic mass is 32.2. The quantitative estimate of drug-likeness (QED) is 0.507. The van der Waals surface area contributed by atoms with Crippen LogP contribution in [0.4, 0.5) is 0 Å². The SMILES string of the molecule is CCCCc1ccccc1SC(=S)[NH2+][S-]. The van der Waals surface area contributed by atoms with Crippen LogP contribution >= 0.6 is 24.0 Å². The summed E-state index contributed by atoms with van der Waals surface area (Å²) in [4.78, 5) is 1.25. The minimum absolute atomic E-state index is 0.772. The van der Waals surface area contributed by atoms with Crippen LogP contribution in [0.5, 0.6) is 0 Å². The Bertz CT molecular complexity index is 325. The van der Waals surface area contributed by atoms with Crippen LogP contribution in [0, 0.1) is 0 Å². The predicted octanol–water partition coefficient (Wildman–Crippen LogP) is 2.43. The van der Waals surface area contributed by atoms with Crippen molar-refractivity contribution in [2.75, 3.05) is 0 Å². The first-order valence-corrected chi connectivity index (χ1v) is 6.72. The molecule has 0 aliphatic heterocycles. The van der Waals surface area contributed by atoms with Crippen LogP contribution in [0.3, 0.4) is 0 Å². The van der Waals surface area contributed by atoms with Crippen molar-refractivity contribution in [1.29, 1.82) is 0 Å². The normalized spacial score (nSPS) is 10.3. The van der Waals surface area contributed by atoms with E-state index in [2.05, 4.69) is 25.1 Å². The van der Waals surface area contributed by atoms with E-state index in [1.165, 1.54) is 23.3 Å². The van der Waals surface area contributed by atoms with Crippen molar-refractivity contribution in [3.63, 3.8) is 0 Å². The fraction of sp³-hybridized carbons (Fsp3) is 0.364. The highest BCUT2D eigenvalue weighted by Crippen LogP contribution is 2.23. The topological polar surface area (TPSA) is 16.6 Å². The maximum Gasteiger partial charge on any atom is 0.217 e. The van der Waals surface area contributed by atoms with Crippen molar-refractivity contribution < 1.29 is 4.72 Å². The minimum Gasteiger partial charge on any atom is -0.490 e. The Morgan fingerprint density at radius 2 is 2.20 bits per heavy atom. The van der Waals surface area contributed by atoms with Crippen LogP contribution in [0.2, 0.25) is 0 Å². The zero-order valence-corrected chi connectivity index (χ0v) is 11.2. The van der Waals surface area contributed by atoms with Crippen LogP contribution in [0.15, 0.2) is 29.2 Å². The summed E-state index contributed by atoms with van der Waals surface area (Å²) in [5, 5.41) is 0. The van der Waals surface area contributed by atoms with E-state index in [1.54, 1.807) is 16.5 Å². The molecule has 0 unspecified atom stereocenters. The highest BCUT2D eigenvalue weighted by Gasteiger charge is 2.05. The summed E-state index contributed by atoms with van der Waals surface area (Å²) >= 11 is 11.5. The van der Waals surface area contributed by atoms with Gasteiger partial charge in [-0.25, -0.2) is 0 Å². The summed E-state index contributed by atoms with van der Waals surface area (Å²) in [6.45, 7) is 2.21. The van der Waals surface area contributed by atoms with E-state index >= 15 is 0 Å². The van der Waals surface area contributed by atoms with Crippen LogP contribution in [0.1, 0.15) is 25.3 Å². The van der Waals surface area contributed by atoms with Crippen molar-refractivity contribution in [2.45, 2.75) is 31.1 Å². The molecule has 0 saturated heterocycles. The second-order valence-electron chi connectivity index (χ2n) is 3.25. The van der Waals surface area contributed by atoms with E-state index in [0.717, 1.165) is 10.7 Å². The molecule has 2 N–H and O–H groups in total. The van der Waals surface area contributed by atoms with Gasteiger partial charge < -0.3 is 17.5 Å². The third kappa shape index (κ3) is 4.55. The molecule has 0 saturated carbocycles. The number of hydrogen-bond donors (Lipinski definition) is 1. The van der Waals surface area contributed by atoms with Gasteiger partial charge in [-0.05, 0) is 48.5 Å². The van der Waals surface area contributed by atoms with E-state index < -0.39 is 0 Å². The van der Waals surface area contributed by atoms with Gasteiger partial charge in [-0.1, -0.05) is 31.5 Å². The summed E-state index contributed by atoms with van der Waals surface area (Å²) in [6.07, 6.45) is 3.57. The first kappa shape index (κ1) is 13.0. The summed E-state index contributed by atoms with van der Waals surface area (Å²) in [7, 11) is 0. The molecule has 4 heteroatoms. The number of rotatable bonds is 4. The molecule has 0 aromatic heterocycles. The Morgan fingerprint density at radius 1 is 1.47 bits per heavy atom. The van der Waals surface area contributed by atoms with Gasteiger partial charge in [-0.15, -0.1) is 0 Å². The standard InChI is InChI=1S/C11H15NS3/c1-2-3-6-9-7-4-5-8-10(9)15-11(13)12-14/h4-5,7-8H,2-3,6,12H2,1H3. The van der Waals surface area contributed by atoms with Crippen molar-refractivity contribution in [2.24, 2.45) is 0 Å². The third-order valence-corrected chi connectivity index (χ3v) is 3.92. The van der Waals surface area contributed by atoms with Crippen LogP contribution in [-0.4, -0.2) is 4.32 Å². The van der Waals surface area contributed by atoms with Gasteiger partial charge in [0.25, 0.3) is 0 Å². The number of benzene rings is 1. The summed E-state index contributed by atoms with van der Waals surface area (Å²) in [6, 6.07) is 8.41. The number of nitrogens with two attached hydrogens (primary N) is 1. The lowest BCUT2D eigenvalue weighted by molar-refractivity contribution is -0.325. The van der Waals surface area contributed by atoms with Crippen molar-refractivity contribution >= 4 is 41.1 Å². The van der Waals surface area contributed by atoms with Crippen molar-refractivity contribution in [3.05, 3.63) is 29.8 Å². The fourth-order valence-electron chi connectivity index (χ4n) is 1.31. The van der Waals surface area contributed by atoms with Crippen LogP contribution in [0.25, 0.3) is 0 Å². The molecule has 1 rings (SSSR count). The maximum absolute atomic E-state index is 5.11. The lowest BCUT2D eigenvalue weighted by Gasteiger charge is -2.08. The number of thioether (sulfide) groups is 1. The lowest BCUT2D eigenvalue weighted by Crippen LogP contribution is -2.80. The Labute approximate surface area is 107 Å². The molecule has 1 aromatic rings. The van der Waals surface area contributed by atoms with Gasteiger partial charge in [0.15, 0.2) is 0 Å². The van der Waals surface area contributed by atoms with E-state index in [-0.39, 0.29) is 0 Å². The largest absolute Gasteiger partial charge is 0.490 e. The number of thiocarbonyl (C=S) groups is 1. The predicted molar refractivity (Wildman–Crippen MR) is 72.8 cm³/mol. The van der Waals surface area contributed by atoms with E-state index in [1.807, 2.05) is 6.07 Å². The van der Waals surface area contributed by atoms with Crippen LogP contribution < -0.4 is 4.72 Å². The van der Waals surface area contributed by atoms with Crippen molar-refractivity contribution in [3.8, 4) is 0 Å². The van der Waals surface area contributed by atoms with Gasteiger partial charge in [0.2, 0.25) is 4.32 Å². The number of aryl methyl sites for hydroxylation is 1. The molecule has 0 bridgehead atoms. The fourth-order valence-corrected chi connectivity index (χ4v) is 2.44. The Hall–Kier alpha value is -0.0300. The summed E-state index contributed by atoms with van der Waals surface area (Å²) < 4.78 is 2.34. The lowest BCUT2D eigenvalue weighted by atomic mass is 10.1. The first-order chi connectivity index (χ1) is 7.27. The van der Waals surface area contributed by atoms with E-state index in [0.29, 0.717) is 0 Å². The van der Waals surface area contributed by atoms with Gasteiger partial charge in [-0.3, -0.25) is 0 Å². The molecule has 15 heavy (non-hydrogen) atoms. The zero-order valence-electron chi connectivity index (χ0n) is 8.73. The third-order valence-electron chi connectivity index (χ3n) is 2.08. The Morgan fingerprint density at radius 3 is 2.87 bits per heavy atom. The molecule has 0 aliphatic carbocycles. The van der Waals surface area contributed by atoms with Gasteiger partial charge in [0, 0.05) is 4.90 Å². The molecule has 0 spiro atoms. The highest BCUT2D eigenvalue weighted by molar-refractivity contribution is 8.22. The van der Waals surface area contributed by atoms with Gasteiger partial charge in [0.05, 0.1) is 0 Å². The first-order valence-electron chi connectivity index (χ1n) is 5.02. The molecular weight excluding hydrogens is 242 g/mol. The van der Waals surface area contributed by atoms with Gasteiger partial charge >= 0.3 is 0 Å². The molecule has 0 amide bonds. The van der Waals surface area contributed by atoms with Crippen molar-refractivity contribution in [1.82, 2.24) is 0 Å². The van der Waals surface area contributed by atoms with E-state index in [4.69, 9.17) is 25.0 Å². The maximum atomic E-state index is 5.11. The molecule has 82 valence electrons. The zero-order chi connectivity index (χ0) is 11.1. The minimum atomic E-state index is 0.772. The second kappa shape index (κ2) is 7.28. The van der Waals surface area contributed by atoms with Gasteiger partial charge in [0.1, 0.15) is 0 Å². The molecule has 0 heterocycles. The average Bonchev–Trinajstić information content (AvgIpc) is 2.28. The van der Waals surface area contributed by atoms with E-state index in [9.17, 15) is 0 Å². The Kier molecular flexibility index (Phi) is 6.32. The molecule has 1 nitrogen and oxygen atoms in total. The summed E-state index contributed by atoms with van der Waals surface area (Å²) in [5.74, 6) is 0. The number of quaternary nitrogens is 1. The smallest absolute Gasteiger partial charge is 0.217 e. The molecule has 0 fully saturated rings. The monoisotopic (exact) mass is 257 g/mol. The molecule has 0 aliphatic rings.